The van der Waals surface area contributed by atoms with Crippen LogP contribution >= 0.6 is 23.2 Å². The average molecular weight is 468 g/mol. The van der Waals surface area contributed by atoms with E-state index in [0.717, 1.165) is 18.2 Å². The molecule has 0 unspecified atom stereocenters. The Labute approximate surface area is 185 Å². The molecule has 0 bridgehead atoms. The van der Waals surface area contributed by atoms with Gasteiger partial charge in [-0.05, 0) is 24.3 Å². The van der Waals surface area contributed by atoms with E-state index >= 15 is 0 Å². The second-order valence-corrected chi connectivity index (χ2v) is 6.97. The summed E-state index contributed by atoms with van der Waals surface area (Å²) in [5.74, 6) is -1.17. The number of carbonyl (C=O) groups excluding carboxylic acids is 2. The van der Waals surface area contributed by atoms with E-state index in [9.17, 15) is 29.8 Å². The highest BCUT2D eigenvalue weighted by molar-refractivity contribution is 6.35. The summed E-state index contributed by atoms with van der Waals surface area (Å²) in [6.07, 6.45) is -0.653. The molecule has 0 saturated carbocycles. The van der Waals surface area contributed by atoms with Crippen molar-refractivity contribution in [1.82, 2.24) is 10.9 Å². The molecular weight excluding hydrogens is 453 g/mol. The van der Waals surface area contributed by atoms with Crippen LogP contribution in [0.25, 0.3) is 0 Å². The number of nitrogens with zero attached hydrogens (tertiary/aromatic N) is 2. The molecule has 2 aromatic rings. The second-order valence-electron chi connectivity index (χ2n) is 6.13. The predicted octanol–water partition coefficient (Wildman–Crippen LogP) is 3.52. The first-order valence-electron chi connectivity index (χ1n) is 8.46. The summed E-state index contributed by atoms with van der Waals surface area (Å²) < 4.78 is 0. The van der Waals surface area contributed by atoms with Crippen molar-refractivity contribution < 1.29 is 19.4 Å². The molecular formula is C18H15Cl2N5O6. The van der Waals surface area contributed by atoms with E-state index < -0.39 is 39.5 Å². The first-order chi connectivity index (χ1) is 14.6. The van der Waals surface area contributed by atoms with Crippen molar-refractivity contribution >= 4 is 52.1 Å². The van der Waals surface area contributed by atoms with Crippen LogP contribution in [0.5, 0.6) is 0 Å². The fourth-order valence-corrected chi connectivity index (χ4v) is 2.72. The number of hydrazine groups is 1. The Balaban J connectivity index is 1.90. The molecule has 0 saturated heterocycles. The van der Waals surface area contributed by atoms with E-state index in [0.29, 0.717) is 10.7 Å². The highest BCUT2D eigenvalue weighted by atomic mass is 35.5. The first-order valence-corrected chi connectivity index (χ1v) is 9.21. The summed E-state index contributed by atoms with van der Waals surface area (Å²) in [4.78, 5) is 44.4. The third kappa shape index (κ3) is 6.94. The van der Waals surface area contributed by atoms with Crippen LogP contribution in [0.15, 0.2) is 48.7 Å². The summed E-state index contributed by atoms with van der Waals surface area (Å²) in [6.45, 7) is 3.60. The molecule has 2 rings (SSSR count). The van der Waals surface area contributed by atoms with E-state index in [-0.39, 0.29) is 22.7 Å². The fraction of sp³-hybridized carbons (Fsp3) is 0.111. The molecule has 11 nitrogen and oxygen atoms in total. The van der Waals surface area contributed by atoms with Crippen LogP contribution in [0.2, 0.25) is 10.0 Å². The standard InChI is InChI=1S/C18H15Cl2N5O6/c1-10(6-17(26)21-15-8-12(19)3-5-14(15)20)22-23-18(27)7-11-2-4-13(24(28)29)9-16(11)25(30)31/h2-5,8-9,22H,1,6-7H2,(H,21,26)(H,23,27). The van der Waals surface area contributed by atoms with Gasteiger partial charge in [-0.15, -0.1) is 0 Å². The van der Waals surface area contributed by atoms with Gasteiger partial charge in [0.25, 0.3) is 11.4 Å². The maximum atomic E-state index is 12.1. The van der Waals surface area contributed by atoms with Gasteiger partial charge in [0.05, 0.1) is 39.5 Å². The van der Waals surface area contributed by atoms with E-state index in [1.54, 1.807) is 6.07 Å². The van der Waals surface area contributed by atoms with Crippen molar-refractivity contribution in [3.63, 3.8) is 0 Å². The summed E-state index contributed by atoms with van der Waals surface area (Å²) in [6, 6.07) is 7.52. The lowest BCUT2D eigenvalue weighted by atomic mass is 10.1. The molecule has 2 aromatic carbocycles. The van der Waals surface area contributed by atoms with E-state index in [1.807, 2.05) is 0 Å². The Morgan fingerprint density at radius 2 is 1.68 bits per heavy atom. The van der Waals surface area contributed by atoms with Crippen LogP contribution in [0.3, 0.4) is 0 Å². The third-order valence-corrected chi connectivity index (χ3v) is 4.35. The summed E-state index contributed by atoms with van der Waals surface area (Å²) >= 11 is 11.8. The second kappa shape index (κ2) is 10.4. The topological polar surface area (TPSA) is 157 Å². The van der Waals surface area contributed by atoms with E-state index in [1.165, 1.54) is 12.1 Å². The highest BCUT2D eigenvalue weighted by Gasteiger charge is 2.21. The molecule has 0 aromatic heterocycles. The molecule has 0 heterocycles. The maximum Gasteiger partial charge on any atom is 0.279 e. The molecule has 3 N–H and O–H groups in total. The molecule has 31 heavy (non-hydrogen) atoms. The Kier molecular flexibility index (Phi) is 7.88. The molecule has 0 spiro atoms. The monoisotopic (exact) mass is 467 g/mol. The number of hydrogen-bond donors (Lipinski definition) is 3. The number of benzene rings is 2. The number of rotatable bonds is 9. The Hall–Kier alpha value is -3.70. The zero-order valence-electron chi connectivity index (χ0n) is 15.7. The number of non-ortho nitro benzene ring substituents is 1. The summed E-state index contributed by atoms with van der Waals surface area (Å²) in [7, 11) is 0. The van der Waals surface area contributed by atoms with Crippen LogP contribution in [-0.2, 0) is 16.0 Å². The lowest BCUT2D eigenvalue weighted by Crippen LogP contribution is -2.38. The van der Waals surface area contributed by atoms with Crippen molar-refractivity contribution in [3.05, 3.63) is 84.5 Å². The van der Waals surface area contributed by atoms with Gasteiger partial charge >= 0.3 is 0 Å². The maximum absolute atomic E-state index is 12.1. The fourth-order valence-electron chi connectivity index (χ4n) is 2.39. The van der Waals surface area contributed by atoms with E-state index in [2.05, 4.69) is 22.7 Å². The van der Waals surface area contributed by atoms with Gasteiger partial charge in [0.15, 0.2) is 0 Å². The normalized spacial score (nSPS) is 10.1. The lowest BCUT2D eigenvalue weighted by Gasteiger charge is -2.12. The minimum Gasteiger partial charge on any atom is -0.324 e. The number of nitrogens with one attached hydrogen (secondary N) is 3. The van der Waals surface area contributed by atoms with E-state index in [4.69, 9.17) is 23.2 Å². The minimum atomic E-state index is -0.812. The number of carbonyl (C=O) groups is 2. The van der Waals surface area contributed by atoms with Gasteiger partial charge in [-0.3, -0.25) is 35.2 Å². The van der Waals surface area contributed by atoms with Gasteiger partial charge in [0.2, 0.25) is 11.8 Å². The molecule has 0 radical (unpaired) electrons. The highest BCUT2D eigenvalue weighted by Crippen LogP contribution is 2.26. The smallest absolute Gasteiger partial charge is 0.279 e. The van der Waals surface area contributed by atoms with Crippen molar-refractivity contribution in [3.8, 4) is 0 Å². The van der Waals surface area contributed by atoms with Gasteiger partial charge in [0, 0.05) is 22.3 Å². The molecule has 0 atom stereocenters. The van der Waals surface area contributed by atoms with Gasteiger partial charge in [0.1, 0.15) is 0 Å². The molecule has 13 heteroatoms. The van der Waals surface area contributed by atoms with Gasteiger partial charge in [-0.25, -0.2) is 0 Å². The van der Waals surface area contributed by atoms with Gasteiger partial charge < -0.3 is 10.7 Å². The SMILES string of the molecule is C=C(CC(=O)Nc1cc(Cl)ccc1Cl)NNC(=O)Cc1ccc([N+](=O)[O-])cc1[N+](=O)[O-]. The van der Waals surface area contributed by atoms with Crippen LogP contribution in [-0.4, -0.2) is 21.7 Å². The quantitative estimate of drug-likeness (QED) is 0.375. The zero-order chi connectivity index (χ0) is 23.1. The van der Waals surface area contributed by atoms with Crippen molar-refractivity contribution in [1.29, 1.82) is 0 Å². The van der Waals surface area contributed by atoms with Crippen molar-refractivity contribution in [2.45, 2.75) is 12.8 Å². The Bertz CT molecular complexity index is 1080. The Morgan fingerprint density at radius 1 is 0.968 bits per heavy atom. The third-order valence-electron chi connectivity index (χ3n) is 3.78. The number of hydrogen-bond acceptors (Lipinski definition) is 7. The summed E-state index contributed by atoms with van der Waals surface area (Å²) in [5, 5.41) is 25.1. The van der Waals surface area contributed by atoms with Gasteiger partial charge in [-0.1, -0.05) is 29.8 Å². The molecule has 162 valence electrons. The van der Waals surface area contributed by atoms with Crippen LogP contribution in [0.1, 0.15) is 12.0 Å². The number of nitro benzene ring substituents is 2. The van der Waals surface area contributed by atoms with Crippen molar-refractivity contribution in [2.75, 3.05) is 5.32 Å². The van der Waals surface area contributed by atoms with Gasteiger partial charge in [-0.2, -0.15) is 0 Å². The largest absolute Gasteiger partial charge is 0.324 e. The Morgan fingerprint density at radius 3 is 2.32 bits per heavy atom. The molecule has 0 aliphatic carbocycles. The lowest BCUT2D eigenvalue weighted by molar-refractivity contribution is -0.394. The molecule has 0 aliphatic rings. The van der Waals surface area contributed by atoms with Crippen LogP contribution in [0.4, 0.5) is 17.1 Å². The average Bonchev–Trinajstić information content (AvgIpc) is 2.69. The first kappa shape index (κ1) is 23.6. The molecule has 0 aliphatic heterocycles. The van der Waals surface area contributed by atoms with Crippen LogP contribution in [0, 0.1) is 20.2 Å². The summed E-state index contributed by atoms with van der Waals surface area (Å²) in [5.41, 5.74) is 4.08. The number of anilines is 1. The van der Waals surface area contributed by atoms with Crippen LogP contribution < -0.4 is 16.2 Å². The number of amides is 2. The minimum absolute atomic E-state index is 0.0196. The van der Waals surface area contributed by atoms with Crippen molar-refractivity contribution in [2.24, 2.45) is 0 Å². The predicted molar refractivity (Wildman–Crippen MR) is 114 cm³/mol. The molecule has 0 fully saturated rings. The number of nitro groups is 2. The molecule has 2 amide bonds. The number of halogens is 2. The zero-order valence-corrected chi connectivity index (χ0v) is 17.2.